The molecule has 0 saturated carbocycles. The molecule has 0 saturated heterocycles. The van der Waals surface area contributed by atoms with Crippen LogP contribution in [0.1, 0.15) is 57.4 Å². The van der Waals surface area contributed by atoms with Crippen LogP contribution in [0.5, 0.6) is 5.75 Å². The first-order valence-corrected chi connectivity index (χ1v) is 10.7. The van der Waals surface area contributed by atoms with Crippen LogP contribution in [-0.4, -0.2) is 37.5 Å². The summed E-state index contributed by atoms with van der Waals surface area (Å²) < 4.78 is 22.3. The van der Waals surface area contributed by atoms with Crippen LogP contribution >= 0.6 is 7.67 Å². The molecule has 0 aromatic heterocycles. The molecule has 1 rings (SSSR count). The fraction of sp³-hybridized carbons (Fsp3) is 0.684. The van der Waals surface area contributed by atoms with E-state index >= 15 is 0 Å². The molecular weight excluding hydrogens is 319 g/mol. The summed E-state index contributed by atoms with van der Waals surface area (Å²) in [6.45, 7) is 2.25. The lowest BCUT2D eigenvalue weighted by molar-refractivity contribution is 0.352. The zero-order valence-electron chi connectivity index (χ0n) is 16.1. The Hall–Kier alpha value is -0.830. The summed E-state index contributed by atoms with van der Waals surface area (Å²) in [6.07, 6.45) is 10.0. The second-order valence-electron chi connectivity index (χ2n) is 6.76. The Morgan fingerprint density at radius 3 is 2.00 bits per heavy atom. The summed E-state index contributed by atoms with van der Waals surface area (Å²) in [5.74, 6) is 0.745. The minimum Gasteiger partial charge on any atom is -0.422 e. The van der Waals surface area contributed by atoms with Crippen molar-refractivity contribution in [2.24, 2.45) is 0 Å². The van der Waals surface area contributed by atoms with Crippen molar-refractivity contribution in [2.75, 3.05) is 28.2 Å². The van der Waals surface area contributed by atoms with Gasteiger partial charge in [0.15, 0.2) is 0 Å². The number of hydrogen-bond donors (Lipinski definition) is 0. The van der Waals surface area contributed by atoms with E-state index in [1.807, 2.05) is 18.2 Å². The van der Waals surface area contributed by atoms with Crippen LogP contribution in [0.3, 0.4) is 0 Å². The van der Waals surface area contributed by atoms with Gasteiger partial charge >= 0.3 is 7.67 Å². The van der Waals surface area contributed by atoms with Gasteiger partial charge in [0, 0.05) is 0 Å². The van der Waals surface area contributed by atoms with Gasteiger partial charge in [0.05, 0.1) is 0 Å². The van der Waals surface area contributed by atoms with Crippen molar-refractivity contribution in [1.29, 1.82) is 0 Å². The third kappa shape index (κ3) is 6.58. The van der Waals surface area contributed by atoms with Crippen molar-refractivity contribution in [2.45, 2.75) is 58.3 Å². The van der Waals surface area contributed by atoms with Gasteiger partial charge in [-0.2, -0.15) is 0 Å². The Morgan fingerprint density at radius 1 is 0.875 bits per heavy atom. The lowest BCUT2D eigenvalue weighted by Gasteiger charge is -2.30. The molecule has 0 spiro atoms. The molecule has 5 heteroatoms. The van der Waals surface area contributed by atoms with Crippen molar-refractivity contribution >= 4 is 7.67 Å². The van der Waals surface area contributed by atoms with E-state index in [-0.39, 0.29) is 0 Å². The van der Waals surface area contributed by atoms with Crippen molar-refractivity contribution in [3.05, 3.63) is 29.8 Å². The van der Waals surface area contributed by atoms with Crippen molar-refractivity contribution in [1.82, 2.24) is 9.34 Å². The Labute approximate surface area is 148 Å². The highest BCUT2D eigenvalue weighted by atomic mass is 31.2. The Bertz CT molecular complexity index is 506. The number of nitrogens with zero attached hydrogens (tertiary/aromatic N) is 2. The second kappa shape index (κ2) is 10.9. The molecule has 0 unspecified atom stereocenters. The van der Waals surface area contributed by atoms with E-state index in [2.05, 4.69) is 13.0 Å². The minimum atomic E-state index is -3.00. The van der Waals surface area contributed by atoms with Gasteiger partial charge in [-0.15, -0.1) is 0 Å². The summed E-state index contributed by atoms with van der Waals surface area (Å²) in [5, 5.41) is 0. The highest BCUT2D eigenvalue weighted by Gasteiger charge is 2.31. The van der Waals surface area contributed by atoms with Crippen LogP contribution in [0.2, 0.25) is 0 Å². The minimum absolute atomic E-state index is 0.745. The van der Waals surface area contributed by atoms with Crippen LogP contribution < -0.4 is 4.52 Å². The van der Waals surface area contributed by atoms with Gasteiger partial charge < -0.3 is 4.52 Å². The number of hydrogen-bond acceptors (Lipinski definition) is 2. The van der Waals surface area contributed by atoms with Crippen LogP contribution in [0, 0.1) is 0 Å². The molecule has 0 aliphatic rings. The van der Waals surface area contributed by atoms with Crippen molar-refractivity contribution in [3.63, 3.8) is 0 Å². The molecule has 138 valence electrons. The Balaban J connectivity index is 2.60. The topological polar surface area (TPSA) is 32.8 Å². The summed E-state index contributed by atoms with van der Waals surface area (Å²) in [6, 6.07) is 7.98. The SMILES string of the molecule is CCCCCCCCCc1ccccc1OP(=O)(N(C)C)N(C)C. The highest BCUT2D eigenvalue weighted by Crippen LogP contribution is 2.51. The summed E-state index contributed by atoms with van der Waals surface area (Å²) in [7, 11) is 4.16. The molecule has 0 radical (unpaired) electrons. The lowest BCUT2D eigenvalue weighted by atomic mass is 10.0. The monoisotopic (exact) mass is 354 g/mol. The van der Waals surface area contributed by atoms with E-state index in [1.54, 1.807) is 37.5 Å². The molecule has 0 aliphatic heterocycles. The zero-order valence-corrected chi connectivity index (χ0v) is 17.0. The maximum absolute atomic E-state index is 13.0. The van der Waals surface area contributed by atoms with E-state index in [0.29, 0.717) is 0 Å². The number of unbranched alkanes of at least 4 members (excludes halogenated alkanes) is 6. The summed E-state index contributed by atoms with van der Waals surface area (Å²) in [5.41, 5.74) is 1.15. The van der Waals surface area contributed by atoms with E-state index in [0.717, 1.165) is 24.2 Å². The first-order chi connectivity index (χ1) is 11.4. The van der Waals surface area contributed by atoms with E-state index < -0.39 is 7.67 Å². The second-order valence-corrected chi connectivity index (χ2v) is 9.52. The largest absolute Gasteiger partial charge is 0.422 e. The van der Waals surface area contributed by atoms with Crippen LogP contribution in [0.15, 0.2) is 24.3 Å². The molecule has 1 aromatic rings. The van der Waals surface area contributed by atoms with E-state index in [4.69, 9.17) is 4.52 Å². The third-order valence-corrected chi connectivity index (χ3v) is 6.71. The Kier molecular flexibility index (Phi) is 9.65. The average molecular weight is 354 g/mol. The third-order valence-electron chi connectivity index (χ3n) is 4.25. The average Bonchev–Trinajstić information content (AvgIpc) is 2.55. The molecule has 24 heavy (non-hydrogen) atoms. The fourth-order valence-corrected chi connectivity index (χ4v) is 4.20. The van der Waals surface area contributed by atoms with Gasteiger partial charge in [-0.3, -0.25) is 0 Å². The van der Waals surface area contributed by atoms with Gasteiger partial charge in [-0.1, -0.05) is 63.6 Å². The van der Waals surface area contributed by atoms with Gasteiger partial charge in [0.25, 0.3) is 0 Å². The van der Waals surface area contributed by atoms with Gasteiger partial charge in [-0.05, 0) is 52.7 Å². The predicted octanol–water partition coefficient (Wildman–Crippen LogP) is 5.59. The standard InChI is InChI=1S/C19H35N2O2P/c1-6-7-8-9-10-11-12-15-18-16-13-14-17-19(18)23-24(22,20(2)3)21(4)5/h13-14,16-17H,6-12,15H2,1-5H3. The molecule has 1 aromatic carbocycles. The molecule has 0 amide bonds. The molecule has 0 atom stereocenters. The summed E-state index contributed by atoms with van der Waals surface area (Å²) in [4.78, 5) is 0. The van der Waals surface area contributed by atoms with Gasteiger partial charge in [0.1, 0.15) is 5.75 Å². The predicted molar refractivity (Wildman–Crippen MR) is 104 cm³/mol. The van der Waals surface area contributed by atoms with Crippen LogP contribution in [0.4, 0.5) is 0 Å². The first-order valence-electron chi connectivity index (χ1n) is 9.15. The van der Waals surface area contributed by atoms with Gasteiger partial charge in [-0.25, -0.2) is 13.9 Å². The normalized spacial score (nSPS) is 12.1. The molecule has 0 bridgehead atoms. The molecule has 0 heterocycles. The smallest absolute Gasteiger partial charge is 0.394 e. The van der Waals surface area contributed by atoms with Crippen molar-refractivity contribution < 1.29 is 9.09 Å². The van der Waals surface area contributed by atoms with E-state index in [9.17, 15) is 4.57 Å². The first kappa shape index (κ1) is 21.2. The lowest BCUT2D eigenvalue weighted by Crippen LogP contribution is -2.24. The number of rotatable bonds is 12. The molecule has 4 nitrogen and oxygen atoms in total. The molecular formula is C19H35N2O2P. The number of aryl methyl sites for hydroxylation is 1. The molecule has 0 aliphatic carbocycles. The fourth-order valence-electron chi connectivity index (χ4n) is 2.72. The van der Waals surface area contributed by atoms with E-state index in [1.165, 1.54) is 38.5 Å². The number of benzene rings is 1. The molecule has 0 fully saturated rings. The maximum Gasteiger partial charge on any atom is 0.394 e. The van der Waals surface area contributed by atoms with Crippen molar-refractivity contribution in [3.8, 4) is 5.75 Å². The summed E-state index contributed by atoms with van der Waals surface area (Å²) >= 11 is 0. The maximum atomic E-state index is 13.0. The zero-order chi connectivity index (χ0) is 18.0. The quantitative estimate of drug-likeness (QED) is 0.362. The highest BCUT2D eigenvalue weighted by molar-refractivity contribution is 7.54. The van der Waals surface area contributed by atoms with Crippen LogP contribution in [-0.2, 0) is 11.0 Å². The number of para-hydroxylation sites is 1. The van der Waals surface area contributed by atoms with Gasteiger partial charge in [0.2, 0.25) is 0 Å². The van der Waals surface area contributed by atoms with Crippen LogP contribution in [0.25, 0.3) is 0 Å². The molecule has 0 N–H and O–H groups in total. The Morgan fingerprint density at radius 2 is 1.42 bits per heavy atom.